The Balaban J connectivity index is 0.000000724. The highest BCUT2D eigenvalue weighted by atomic mass is 16.4. The van der Waals surface area contributed by atoms with Crippen molar-refractivity contribution in [3.8, 4) is 0 Å². The highest BCUT2D eigenvalue weighted by molar-refractivity contribution is 5.66. The molecule has 0 aromatic rings. The maximum Gasteiger partial charge on any atom is 0.303 e. The minimum Gasteiger partial charge on any atom is -0.481 e. The van der Waals surface area contributed by atoms with Gasteiger partial charge in [-0.15, -0.1) is 0 Å². The van der Waals surface area contributed by atoms with E-state index in [0.29, 0.717) is 6.42 Å². The van der Waals surface area contributed by atoms with Crippen molar-refractivity contribution in [3.63, 3.8) is 0 Å². The summed E-state index contributed by atoms with van der Waals surface area (Å²) in [4.78, 5) is 15.0. The molecule has 0 aromatic heterocycles. The van der Waals surface area contributed by atoms with Crippen molar-refractivity contribution in [2.24, 2.45) is 0 Å². The van der Waals surface area contributed by atoms with Gasteiger partial charge in [0.1, 0.15) is 0 Å². The number of hydrogen-bond donors (Lipinski definition) is 1. The van der Waals surface area contributed by atoms with Crippen LogP contribution in [0.2, 0.25) is 0 Å². The SMILES string of the molecule is CCCCCCCCCCCCCCCCCC(=O)O.CCCCCCCCCCCCN1C=CN(C)C1. The van der Waals surface area contributed by atoms with Crippen molar-refractivity contribution >= 4 is 5.97 Å². The second kappa shape index (κ2) is 30.4. The van der Waals surface area contributed by atoms with Crippen LogP contribution >= 0.6 is 0 Å². The lowest BCUT2D eigenvalue weighted by molar-refractivity contribution is -0.137. The molecule has 0 bridgehead atoms. The average Bonchev–Trinajstić information content (AvgIpc) is 3.32. The largest absolute Gasteiger partial charge is 0.481 e. The molecule has 0 aromatic carbocycles. The van der Waals surface area contributed by atoms with E-state index < -0.39 is 5.97 Å². The Hall–Kier alpha value is -1.19. The van der Waals surface area contributed by atoms with Crippen LogP contribution in [0.4, 0.5) is 0 Å². The highest BCUT2D eigenvalue weighted by Crippen LogP contribution is 2.14. The number of carboxylic acids is 1. The normalized spacial score (nSPS) is 12.7. The summed E-state index contributed by atoms with van der Waals surface area (Å²) in [6, 6.07) is 0. The quantitative estimate of drug-likeness (QED) is 0.106. The molecule has 226 valence electrons. The number of unbranched alkanes of at least 4 members (excludes halogenated alkanes) is 23. The number of carboxylic acid groups (broad SMARTS) is 1. The van der Waals surface area contributed by atoms with Gasteiger partial charge in [0.2, 0.25) is 0 Å². The molecule has 1 aliphatic heterocycles. The standard InChI is InChI=1S/C18H36O2.C16H32N2/c1-2-3-4-5-6-7-8-9-10-11-12-13-14-15-16-17-18(19)20;1-3-4-5-6-7-8-9-10-11-12-13-18-15-14-17(2)16-18/h2-17H2,1H3,(H,19,20);14-15H,3-13,16H2,1-2H3. The first kappa shape index (κ1) is 36.8. The van der Waals surface area contributed by atoms with E-state index in [1.165, 1.54) is 154 Å². The van der Waals surface area contributed by atoms with Crippen molar-refractivity contribution in [2.75, 3.05) is 20.3 Å². The van der Waals surface area contributed by atoms with Crippen molar-refractivity contribution in [2.45, 2.75) is 181 Å². The van der Waals surface area contributed by atoms with Gasteiger partial charge in [0.05, 0.1) is 6.67 Å². The molecule has 1 aliphatic rings. The number of aliphatic carboxylic acids is 1. The monoisotopic (exact) mass is 537 g/mol. The van der Waals surface area contributed by atoms with E-state index in [1.807, 2.05) is 0 Å². The Morgan fingerprint density at radius 2 is 0.895 bits per heavy atom. The highest BCUT2D eigenvalue weighted by Gasteiger charge is 2.06. The van der Waals surface area contributed by atoms with Gasteiger partial charge < -0.3 is 14.9 Å². The summed E-state index contributed by atoms with van der Waals surface area (Å²) < 4.78 is 0. The predicted octanol–water partition coefficient (Wildman–Crippen LogP) is 10.9. The Kier molecular flexibility index (Phi) is 29.4. The van der Waals surface area contributed by atoms with Crippen molar-refractivity contribution in [1.82, 2.24) is 9.80 Å². The topological polar surface area (TPSA) is 43.8 Å². The van der Waals surface area contributed by atoms with Crippen LogP contribution in [0.5, 0.6) is 0 Å². The summed E-state index contributed by atoms with van der Waals surface area (Å²) in [5.41, 5.74) is 0. The zero-order valence-corrected chi connectivity index (χ0v) is 26.2. The first-order valence-corrected chi connectivity index (χ1v) is 16.9. The molecule has 0 fully saturated rings. The number of nitrogens with zero attached hydrogens (tertiary/aromatic N) is 2. The molecule has 0 unspecified atom stereocenters. The van der Waals surface area contributed by atoms with E-state index in [-0.39, 0.29) is 0 Å². The maximum atomic E-state index is 10.3. The zero-order valence-electron chi connectivity index (χ0n) is 26.2. The first-order valence-electron chi connectivity index (χ1n) is 16.9. The summed E-state index contributed by atoms with van der Waals surface area (Å²) in [5, 5.41) is 8.52. The molecular formula is C34H68N2O2. The molecule has 0 amide bonds. The van der Waals surface area contributed by atoms with Crippen LogP contribution < -0.4 is 0 Å². The van der Waals surface area contributed by atoms with Crippen molar-refractivity contribution in [3.05, 3.63) is 12.4 Å². The fraction of sp³-hybridized carbons (Fsp3) is 0.912. The van der Waals surface area contributed by atoms with Gasteiger partial charge in [0.25, 0.3) is 0 Å². The second-order valence-corrected chi connectivity index (χ2v) is 11.8. The van der Waals surface area contributed by atoms with E-state index in [0.717, 1.165) is 19.5 Å². The van der Waals surface area contributed by atoms with E-state index in [4.69, 9.17) is 5.11 Å². The van der Waals surface area contributed by atoms with E-state index >= 15 is 0 Å². The van der Waals surface area contributed by atoms with Crippen molar-refractivity contribution < 1.29 is 9.90 Å². The van der Waals surface area contributed by atoms with Gasteiger partial charge in [-0.2, -0.15) is 0 Å². The van der Waals surface area contributed by atoms with Gasteiger partial charge in [-0.1, -0.05) is 162 Å². The molecule has 1 heterocycles. The number of hydrogen-bond acceptors (Lipinski definition) is 3. The molecule has 1 rings (SSSR count). The molecule has 4 heteroatoms. The van der Waals surface area contributed by atoms with Crippen LogP contribution in [0.1, 0.15) is 181 Å². The third-order valence-electron chi connectivity index (χ3n) is 7.73. The van der Waals surface area contributed by atoms with Crippen LogP contribution in [-0.2, 0) is 4.79 Å². The summed E-state index contributed by atoms with van der Waals surface area (Å²) >= 11 is 0. The summed E-state index contributed by atoms with van der Waals surface area (Å²) in [7, 11) is 2.13. The lowest BCUT2D eigenvalue weighted by atomic mass is 10.0. The molecule has 1 N–H and O–H groups in total. The third-order valence-corrected chi connectivity index (χ3v) is 7.73. The Bertz CT molecular complexity index is 509. The lowest BCUT2D eigenvalue weighted by Gasteiger charge is -2.17. The van der Waals surface area contributed by atoms with Gasteiger partial charge in [0.15, 0.2) is 0 Å². The summed E-state index contributed by atoms with van der Waals surface area (Å²) in [6.07, 6.45) is 38.8. The smallest absolute Gasteiger partial charge is 0.303 e. The van der Waals surface area contributed by atoms with Crippen LogP contribution in [0.3, 0.4) is 0 Å². The Labute approximate surface area is 239 Å². The lowest BCUT2D eigenvalue weighted by Crippen LogP contribution is -2.23. The van der Waals surface area contributed by atoms with Crippen LogP contribution in [0.25, 0.3) is 0 Å². The Morgan fingerprint density at radius 3 is 1.21 bits per heavy atom. The molecule has 0 aliphatic carbocycles. The fourth-order valence-corrected chi connectivity index (χ4v) is 5.18. The molecule has 4 nitrogen and oxygen atoms in total. The molecule has 0 radical (unpaired) electrons. The molecule has 0 saturated carbocycles. The molecular weight excluding hydrogens is 468 g/mol. The number of rotatable bonds is 27. The third kappa shape index (κ3) is 29.4. The molecule has 0 saturated heterocycles. The van der Waals surface area contributed by atoms with E-state index in [9.17, 15) is 4.79 Å². The first-order chi connectivity index (χ1) is 18.6. The van der Waals surface area contributed by atoms with Gasteiger partial charge in [-0.25, -0.2) is 0 Å². The average molecular weight is 537 g/mol. The maximum absolute atomic E-state index is 10.3. The minimum atomic E-state index is -0.653. The predicted molar refractivity (Wildman–Crippen MR) is 168 cm³/mol. The summed E-state index contributed by atoms with van der Waals surface area (Å²) in [6.45, 7) is 6.87. The fourth-order valence-electron chi connectivity index (χ4n) is 5.18. The number of carbonyl (C=O) groups is 1. The zero-order chi connectivity index (χ0) is 27.9. The van der Waals surface area contributed by atoms with Gasteiger partial charge in [0, 0.05) is 32.4 Å². The molecule has 0 atom stereocenters. The summed E-state index contributed by atoms with van der Waals surface area (Å²) in [5.74, 6) is -0.653. The van der Waals surface area contributed by atoms with Crippen LogP contribution in [-0.4, -0.2) is 41.1 Å². The Morgan fingerprint density at radius 1 is 0.553 bits per heavy atom. The van der Waals surface area contributed by atoms with Crippen LogP contribution in [0.15, 0.2) is 12.4 Å². The molecule has 0 spiro atoms. The van der Waals surface area contributed by atoms with Gasteiger partial charge >= 0.3 is 5.97 Å². The minimum absolute atomic E-state index is 0.345. The van der Waals surface area contributed by atoms with E-state index in [2.05, 4.69) is 43.1 Å². The van der Waals surface area contributed by atoms with Crippen LogP contribution in [0, 0.1) is 0 Å². The van der Waals surface area contributed by atoms with Gasteiger partial charge in [-0.05, 0) is 12.8 Å². The van der Waals surface area contributed by atoms with Gasteiger partial charge in [-0.3, -0.25) is 4.79 Å². The second-order valence-electron chi connectivity index (χ2n) is 11.8. The van der Waals surface area contributed by atoms with Crippen molar-refractivity contribution in [1.29, 1.82) is 0 Å². The van der Waals surface area contributed by atoms with E-state index in [1.54, 1.807) is 0 Å². The molecule has 38 heavy (non-hydrogen) atoms.